The number of esters is 1. The monoisotopic (exact) mass is 354 g/mol. The molecule has 0 spiro atoms. The molecule has 0 saturated carbocycles. The van der Waals surface area contributed by atoms with Crippen LogP contribution in [0.15, 0.2) is 18.2 Å². The van der Waals surface area contributed by atoms with Gasteiger partial charge >= 0.3 is 5.97 Å². The van der Waals surface area contributed by atoms with Gasteiger partial charge in [0, 0.05) is 23.5 Å². The van der Waals surface area contributed by atoms with E-state index in [9.17, 15) is 19.5 Å². The van der Waals surface area contributed by atoms with Gasteiger partial charge in [-0.05, 0) is 44.7 Å². The number of nitrogens with one attached hydrogen (secondary N) is 1. The van der Waals surface area contributed by atoms with Crippen LogP contribution in [0.5, 0.6) is 0 Å². The van der Waals surface area contributed by atoms with E-state index in [0.29, 0.717) is 18.4 Å². The van der Waals surface area contributed by atoms with Crippen molar-refractivity contribution < 1.29 is 19.0 Å². The summed E-state index contributed by atoms with van der Waals surface area (Å²) in [4.78, 5) is 22.6. The van der Waals surface area contributed by atoms with Gasteiger partial charge in [-0.25, -0.2) is 0 Å². The van der Waals surface area contributed by atoms with Gasteiger partial charge in [0.25, 0.3) is 5.69 Å². The van der Waals surface area contributed by atoms with Crippen LogP contribution < -0.4 is 4.72 Å². The lowest BCUT2D eigenvalue weighted by molar-refractivity contribution is -0.385. The molecule has 1 N–H and O–H groups in total. The lowest BCUT2D eigenvalue weighted by Gasteiger charge is -2.34. The number of methoxy groups -OCH3 is 1. The van der Waals surface area contributed by atoms with Crippen LogP contribution in [0.3, 0.4) is 0 Å². The fourth-order valence-corrected chi connectivity index (χ4v) is 3.74. The van der Waals surface area contributed by atoms with Crippen LogP contribution >= 0.6 is 0 Å². The number of aryl methyl sites for hydroxylation is 1. The summed E-state index contributed by atoms with van der Waals surface area (Å²) in [6, 6.07) is 4.63. The van der Waals surface area contributed by atoms with Gasteiger partial charge in [0.15, 0.2) is 0 Å². The number of nitrogens with zero attached hydrogens (tertiary/aromatic N) is 1. The predicted octanol–water partition coefficient (Wildman–Crippen LogP) is 2.35. The zero-order valence-corrected chi connectivity index (χ0v) is 15.1. The quantitative estimate of drug-likeness (QED) is 0.377. The molecule has 0 radical (unpaired) electrons. The number of hydrogen-bond donors (Lipinski definition) is 1. The summed E-state index contributed by atoms with van der Waals surface area (Å²) in [6.45, 7) is 5.47. The maximum Gasteiger partial charge on any atom is 0.307 e. The number of nitro groups is 1. The molecule has 0 aliphatic heterocycles. The minimum Gasteiger partial charge on any atom is -0.598 e. The van der Waals surface area contributed by atoms with Crippen molar-refractivity contribution in [2.75, 3.05) is 7.11 Å². The Bertz CT molecular complexity index is 658. The minimum absolute atomic E-state index is 0.0283. The summed E-state index contributed by atoms with van der Waals surface area (Å²) in [5, 5.41) is 11.1. The highest BCUT2D eigenvalue weighted by atomic mass is 32.2. The van der Waals surface area contributed by atoms with Gasteiger partial charge in [0.1, 0.15) is 4.75 Å². The van der Waals surface area contributed by atoms with E-state index in [4.69, 9.17) is 4.74 Å². The van der Waals surface area contributed by atoms with E-state index in [-0.39, 0.29) is 12.1 Å². The third-order valence-corrected chi connectivity index (χ3v) is 5.85. The summed E-state index contributed by atoms with van der Waals surface area (Å²) in [6.07, 6.45) is 1.15. The number of carbonyl (C=O) groups is 1. The molecular weight excluding hydrogens is 332 g/mol. The average Bonchev–Trinajstić information content (AvgIpc) is 2.84. The van der Waals surface area contributed by atoms with Crippen LogP contribution in [0.2, 0.25) is 0 Å². The molecular formula is C16H22N2O5S. The van der Waals surface area contributed by atoms with Gasteiger partial charge in [-0.3, -0.25) is 14.9 Å². The number of non-ortho nitro benzene ring substituents is 1. The Labute approximate surface area is 144 Å². The fourth-order valence-electron chi connectivity index (χ4n) is 2.80. The van der Waals surface area contributed by atoms with Gasteiger partial charge in [-0.15, -0.1) is 4.72 Å². The first kappa shape index (κ1) is 18.7. The molecule has 8 heteroatoms. The molecule has 0 fully saturated rings. The third kappa shape index (κ3) is 3.71. The van der Waals surface area contributed by atoms with Crippen molar-refractivity contribution in [1.29, 1.82) is 0 Å². The molecule has 0 saturated heterocycles. The maximum atomic E-state index is 12.6. The first-order chi connectivity index (χ1) is 11.1. The van der Waals surface area contributed by atoms with E-state index in [1.165, 1.54) is 19.2 Å². The van der Waals surface area contributed by atoms with Crippen molar-refractivity contribution in [2.45, 2.75) is 50.3 Å². The Hall–Kier alpha value is -1.64. The SMILES string of the molecule is COC(=O)C[C@@]1(N[S+]([O-])C(C)(C)C)CCc2ccc([N+](=O)[O-])cc21. The van der Waals surface area contributed by atoms with E-state index in [2.05, 4.69) is 4.72 Å². The van der Waals surface area contributed by atoms with Gasteiger partial charge in [-0.1, -0.05) is 6.07 Å². The summed E-state index contributed by atoms with van der Waals surface area (Å²) < 4.78 is 20.0. The maximum absolute atomic E-state index is 12.6. The molecule has 132 valence electrons. The molecule has 0 aromatic heterocycles. The molecule has 7 nitrogen and oxygen atoms in total. The summed E-state index contributed by atoms with van der Waals surface area (Å²) in [5.41, 5.74) is 0.600. The largest absolute Gasteiger partial charge is 0.598 e. The van der Waals surface area contributed by atoms with E-state index in [1.54, 1.807) is 6.07 Å². The molecule has 2 atom stereocenters. The zero-order valence-electron chi connectivity index (χ0n) is 14.3. The number of ether oxygens (including phenoxy) is 1. The molecule has 24 heavy (non-hydrogen) atoms. The number of rotatable bonds is 5. The van der Waals surface area contributed by atoms with Crippen molar-refractivity contribution >= 4 is 23.0 Å². The highest BCUT2D eigenvalue weighted by molar-refractivity contribution is 7.90. The summed E-state index contributed by atoms with van der Waals surface area (Å²) in [7, 11) is 1.29. The van der Waals surface area contributed by atoms with Crippen LogP contribution in [-0.2, 0) is 32.9 Å². The Kier molecular flexibility index (Phi) is 5.22. The van der Waals surface area contributed by atoms with Crippen LogP contribution in [-0.4, -0.2) is 27.3 Å². The number of carbonyl (C=O) groups excluding carboxylic acids is 1. The zero-order chi connectivity index (χ0) is 18.1. The highest BCUT2D eigenvalue weighted by Gasteiger charge is 2.47. The van der Waals surface area contributed by atoms with Crippen molar-refractivity contribution in [2.24, 2.45) is 0 Å². The van der Waals surface area contributed by atoms with E-state index < -0.39 is 32.5 Å². The molecule has 2 rings (SSSR count). The van der Waals surface area contributed by atoms with Crippen LogP contribution in [0.25, 0.3) is 0 Å². The van der Waals surface area contributed by atoms with E-state index in [0.717, 1.165) is 5.56 Å². The fraction of sp³-hybridized carbons (Fsp3) is 0.562. The van der Waals surface area contributed by atoms with Crippen LogP contribution in [0, 0.1) is 10.1 Å². The highest BCUT2D eigenvalue weighted by Crippen LogP contribution is 2.42. The molecule has 1 aliphatic rings. The van der Waals surface area contributed by atoms with Crippen LogP contribution in [0.1, 0.15) is 44.7 Å². The van der Waals surface area contributed by atoms with Crippen molar-refractivity contribution in [1.82, 2.24) is 4.72 Å². The van der Waals surface area contributed by atoms with Gasteiger partial charge in [0.05, 0.1) is 24.0 Å². The van der Waals surface area contributed by atoms with Gasteiger partial charge in [-0.2, -0.15) is 0 Å². The molecule has 1 aromatic rings. The Balaban J connectivity index is 2.48. The normalized spacial score (nSPS) is 21.2. The van der Waals surface area contributed by atoms with E-state index >= 15 is 0 Å². The molecule has 0 bridgehead atoms. The minimum atomic E-state index is -1.44. The number of benzene rings is 1. The van der Waals surface area contributed by atoms with Gasteiger partial charge in [0.2, 0.25) is 0 Å². The standard InChI is InChI=1S/C16H22N2O5S/c1-15(2,3)24(22)17-16(10-14(19)23-4)8-7-11-5-6-12(18(20)21)9-13(11)16/h5-6,9,17H,7-8,10H2,1-4H3/t16-,24?/m0/s1. The number of fused-ring (bicyclic) bond motifs is 1. The van der Waals surface area contributed by atoms with Gasteiger partial charge < -0.3 is 9.29 Å². The second-order valence-electron chi connectivity index (χ2n) is 6.92. The van der Waals surface area contributed by atoms with Crippen molar-refractivity contribution in [3.8, 4) is 0 Å². The van der Waals surface area contributed by atoms with E-state index in [1.807, 2.05) is 20.8 Å². The molecule has 0 heterocycles. The smallest absolute Gasteiger partial charge is 0.307 e. The lowest BCUT2D eigenvalue weighted by atomic mass is 9.89. The first-order valence-corrected chi connectivity index (χ1v) is 8.78. The number of hydrogen-bond acceptors (Lipinski definition) is 6. The van der Waals surface area contributed by atoms with Crippen molar-refractivity contribution in [3.63, 3.8) is 0 Å². The van der Waals surface area contributed by atoms with Crippen molar-refractivity contribution in [3.05, 3.63) is 39.4 Å². The second kappa shape index (κ2) is 6.70. The predicted molar refractivity (Wildman–Crippen MR) is 90.8 cm³/mol. The Morgan fingerprint density at radius 2 is 2.12 bits per heavy atom. The second-order valence-corrected chi connectivity index (χ2v) is 8.88. The third-order valence-electron chi connectivity index (χ3n) is 4.16. The average molecular weight is 354 g/mol. The number of nitro benzene ring substituents is 1. The summed E-state index contributed by atoms with van der Waals surface area (Å²) in [5.74, 6) is -0.451. The first-order valence-electron chi connectivity index (χ1n) is 7.63. The molecule has 1 aliphatic carbocycles. The molecule has 0 amide bonds. The summed E-state index contributed by atoms with van der Waals surface area (Å²) >= 11 is -1.44. The molecule has 1 aromatic carbocycles. The van der Waals surface area contributed by atoms with Crippen LogP contribution in [0.4, 0.5) is 5.69 Å². The molecule has 1 unspecified atom stereocenters. The lowest BCUT2D eigenvalue weighted by Crippen LogP contribution is -2.51. The Morgan fingerprint density at radius 3 is 2.67 bits per heavy atom. The Morgan fingerprint density at radius 1 is 1.46 bits per heavy atom. The topological polar surface area (TPSA) is 105 Å².